The lowest BCUT2D eigenvalue weighted by Gasteiger charge is -2.30. The van der Waals surface area contributed by atoms with E-state index in [4.69, 9.17) is 9.05 Å². The fourth-order valence-corrected chi connectivity index (χ4v) is 11.3. The van der Waals surface area contributed by atoms with E-state index < -0.39 is 20.0 Å². The highest BCUT2D eigenvalue weighted by molar-refractivity contribution is 7.45. The van der Waals surface area contributed by atoms with E-state index in [0.717, 1.165) is 103 Å². The first kappa shape index (κ1) is 84.2. The van der Waals surface area contributed by atoms with E-state index >= 15 is 0 Å². The van der Waals surface area contributed by atoms with Gasteiger partial charge < -0.3 is 28.8 Å². The summed E-state index contributed by atoms with van der Waals surface area (Å²) in [6, 6.07) is -0.813. The number of nitrogens with one attached hydrogen (secondary N) is 1. The summed E-state index contributed by atoms with van der Waals surface area (Å²) in [4.78, 5) is 25.7. The average Bonchev–Trinajstić information content (AvgIpc) is 3.70. The van der Waals surface area contributed by atoms with E-state index in [0.29, 0.717) is 23.9 Å². The highest BCUT2D eigenvalue weighted by Gasteiger charge is 2.24. The number of allylic oxidation sites excluding steroid dienone is 18. The summed E-state index contributed by atoms with van der Waals surface area (Å²) in [6.07, 6.45) is 98.8. The predicted octanol–water partition coefficient (Wildman–Crippen LogP) is 23.2. The van der Waals surface area contributed by atoms with Gasteiger partial charge in [-0.25, -0.2) is 0 Å². The van der Waals surface area contributed by atoms with Crippen molar-refractivity contribution in [3.05, 3.63) is 109 Å². The normalized spacial score (nSPS) is 14.2. The number of aliphatic hydroxyl groups excluding tert-OH is 1. The van der Waals surface area contributed by atoms with Gasteiger partial charge in [0, 0.05) is 6.42 Å². The van der Waals surface area contributed by atoms with E-state index in [2.05, 4.69) is 129 Å². The molecule has 9 heteroatoms. The molecule has 0 rings (SSSR count). The molecule has 0 aliphatic carbocycles. The lowest BCUT2D eigenvalue weighted by molar-refractivity contribution is -0.870. The predicted molar refractivity (Wildman–Crippen MR) is 380 cm³/mol. The fraction of sp³-hybridized carbons (Fsp3) is 0.756. The van der Waals surface area contributed by atoms with Crippen molar-refractivity contribution in [2.75, 3.05) is 40.9 Å². The highest BCUT2D eigenvalue weighted by Crippen LogP contribution is 2.38. The van der Waals surface area contributed by atoms with Crippen LogP contribution in [0.15, 0.2) is 109 Å². The smallest absolute Gasteiger partial charge is 0.268 e. The monoisotopic (exact) mass is 1230 g/mol. The summed E-state index contributed by atoms with van der Waals surface area (Å²) in [7, 11) is 1.30. The summed E-state index contributed by atoms with van der Waals surface area (Å²) in [5, 5.41) is 14.1. The number of unbranched alkanes of at least 4 members (excludes halogenated alkanes) is 36. The zero-order valence-electron chi connectivity index (χ0n) is 57.7. The minimum absolute atomic E-state index is 0.00685. The Bertz CT molecular complexity index is 1790. The molecule has 0 saturated carbocycles. The number of carbonyl (C=O) groups excluding carboxylic acids is 1. The van der Waals surface area contributed by atoms with Crippen LogP contribution in [0.4, 0.5) is 0 Å². The number of amides is 1. The molecule has 2 N–H and O–H groups in total. The molecule has 504 valence electrons. The molecule has 0 bridgehead atoms. The maximum absolute atomic E-state index is 13.1. The standard InChI is InChI=1S/C78H141N2O6P/c1-6-8-10-12-14-16-18-20-22-24-26-28-30-32-34-36-37-38-39-40-41-42-43-44-46-48-50-52-54-56-58-60-62-64-66-68-70-72-78(82)79-76(75-86-87(83,84)85-74-73-80(3,4)5)77(81)71-69-67-65-63-61-59-57-55-53-51-49-47-45-35-33-31-29-27-25-23-21-19-17-15-13-11-9-7-2/h8,10,14,16,20,22,26,28,32,34,37-38,40-41,43-44,48,50,76-77,81H,6-7,9,11-13,15,17-19,21,23-25,27,29-31,33,35-36,39,42,45-47,49,51-75H2,1-5H3,(H-,79,82,83,84)/b10-8-,16-14-,22-20-,28-26-,34-32-,38-37-,41-40-,44-43-,50-48-. The number of hydrogen-bond acceptors (Lipinski definition) is 6. The number of phosphoric acid groups is 1. The minimum atomic E-state index is -4.59. The third-order valence-corrected chi connectivity index (χ3v) is 17.2. The molecule has 0 spiro atoms. The number of rotatable bonds is 67. The van der Waals surface area contributed by atoms with E-state index in [1.165, 1.54) is 199 Å². The molecule has 0 radical (unpaired) electrons. The van der Waals surface area contributed by atoms with Gasteiger partial charge in [0.2, 0.25) is 5.91 Å². The van der Waals surface area contributed by atoms with E-state index in [1.807, 2.05) is 21.1 Å². The Balaban J connectivity index is 4.08. The Kier molecular flexibility index (Phi) is 65.3. The van der Waals surface area contributed by atoms with Crippen LogP contribution in [0.25, 0.3) is 0 Å². The van der Waals surface area contributed by atoms with Crippen LogP contribution in [0.3, 0.4) is 0 Å². The van der Waals surface area contributed by atoms with Crippen LogP contribution in [0.5, 0.6) is 0 Å². The molecule has 0 aromatic heterocycles. The van der Waals surface area contributed by atoms with Crippen molar-refractivity contribution in [2.24, 2.45) is 0 Å². The van der Waals surface area contributed by atoms with Gasteiger partial charge in [0.05, 0.1) is 39.9 Å². The highest BCUT2D eigenvalue weighted by atomic mass is 31.2. The molecule has 0 aromatic rings. The number of nitrogens with zero attached hydrogens (tertiary/aromatic N) is 1. The molecule has 1 amide bonds. The topological polar surface area (TPSA) is 108 Å². The van der Waals surface area contributed by atoms with Gasteiger partial charge in [-0.2, -0.15) is 0 Å². The molecule has 3 atom stereocenters. The molecule has 0 heterocycles. The number of likely N-dealkylation sites (N-methyl/N-ethyl adjacent to an activating group) is 1. The van der Waals surface area contributed by atoms with Gasteiger partial charge in [-0.05, 0) is 83.5 Å². The second-order valence-corrected chi connectivity index (χ2v) is 27.3. The zero-order chi connectivity index (χ0) is 63.4. The molecule has 0 fully saturated rings. The first-order valence-electron chi connectivity index (χ1n) is 36.7. The van der Waals surface area contributed by atoms with Crippen LogP contribution in [0, 0.1) is 0 Å². The molecule has 3 unspecified atom stereocenters. The van der Waals surface area contributed by atoms with Crippen molar-refractivity contribution >= 4 is 13.7 Å². The quantitative estimate of drug-likeness (QED) is 0.0272. The molecule has 0 aromatic carbocycles. The van der Waals surface area contributed by atoms with Crippen LogP contribution in [0.1, 0.15) is 328 Å². The van der Waals surface area contributed by atoms with Gasteiger partial charge in [0.15, 0.2) is 0 Å². The Morgan fingerprint density at radius 2 is 0.701 bits per heavy atom. The van der Waals surface area contributed by atoms with Crippen molar-refractivity contribution in [1.82, 2.24) is 5.32 Å². The fourth-order valence-electron chi connectivity index (χ4n) is 10.6. The average molecular weight is 1230 g/mol. The van der Waals surface area contributed by atoms with Crippen molar-refractivity contribution in [3.63, 3.8) is 0 Å². The summed E-state index contributed by atoms with van der Waals surface area (Å²) in [6.45, 7) is 4.63. The first-order valence-corrected chi connectivity index (χ1v) is 38.2. The van der Waals surface area contributed by atoms with Gasteiger partial charge in [-0.3, -0.25) is 9.36 Å². The SMILES string of the molecule is CC/C=C\C/C=C\C/C=C\C/C=C\C/C=C\C/C=C\C/C=C\C/C=C\C/C=C\CCCCCCCCCCCC(=O)NC(COP(=O)([O-])OCC[N+](C)(C)C)C(O)CCCCCCCCCCCCCCCCCCCCCCCCCCCCCC. The number of hydrogen-bond donors (Lipinski definition) is 2. The van der Waals surface area contributed by atoms with Crippen molar-refractivity contribution < 1.29 is 32.9 Å². The number of aliphatic hydroxyl groups is 1. The third kappa shape index (κ3) is 70.5. The number of carbonyl (C=O) groups is 1. The van der Waals surface area contributed by atoms with Crippen LogP contribution in [-0.4, -0.2) is 68.5 Å². The Morgan fingerprint density at radius 3 is 1.02 bits per heavy atom. The number of phosphoric ester groups is 1. The van der Waals surface area contributed by atoms with Crippen LogP contribution >= 0.6 is 7.82 Å². The second-order valence-electron chi connectivity index (χ2n) is 25.9. The van der Waals surface area contributed by atoms with Crippen molar-refractivity contribution in [1.29, 1.82) is 0 Å². The van der Waals surface area contributed by atoms with Gasteiger partial charge in [0.1, 0.15) is 13.2 Å². The van der Waals surface area contributed by atoms with Crippen molar-refractivity contribution in [3.8, 4) is 0 Å². The summed E-state index contributed by atoms with van der Waals surface area (Å²) < 4.78 is 23.6. The van der Waals surface area contributed by atoms with Crippen LogP contribution in [-0.2, 0) is 18.4 Å². The first-order chi connectivity index (χ1) is 42.5. The second kappa shape index (κ2) is 67.6. The van der Waals surface area contributed by atoms with Gasteiger partial charge in [0.25, 0.3) is 7.82 Å². The molecular formula is C78H141N2O6P. The molecule has 87 heavy (non-hydrogen) atoms. The van der Waals surface area contributed by atoms with Gasteiger partial charge in [-0.15, -0.1) is 0 Å². The molecule has 0 aliphatic rings. The molecule has 8 nitrogen and oxygen atoms in total. The Labute approximate surface area is 540 Å². The van der Waals surface area contributed by atoms with E-state index in [9.17, 15) is 19.4 Å². The van der Waals surface area contributed by atoms with Gasteiger partial charge >= 0.3 is 0 Å². The van der Waals surface area contributed by atoms with Gasteiger partial charge in [-0.1, -0.05) is 348 Å². The Morgan fingerprint density at radius 1 is 0.414 bits per heavy atom. The summed E-state index contributed by atoms with van der Waals surface area (Å²) in [5.41, 5.74) is 0. The maximum Gasteiger partial charge on any atom is 0.268 e. The minimum Gasteiger partial charge on any atom is -0.756 e. The largest absolute Gasteiger partial charge is 0.756 e. The van der Waals surface area contributed by atoms with E-state index in [-0.39, 0.29) is 19.1 Å². The zero-order valence-corrected chi connectivity index (χ0v) is 58.6. The van der Waals surface area contributed by atoms with Crippen LogP contribution in [0.2, 0.25) is 0 Å². The lowest BCUT2D eigenvalue weighted by Crippen LogP contribution is -2.46. The summed E-state index contributed by atoms with van der Waals surface area (Å²) in [5.74, 6) is -0.171. The summed E-state index contributed by atoms with van der Waals surface area (Å²) >= 11 is 0. The number of quaternary nitrogens is 1. The maximum atomic E-state index is 13.1. The lowest BCUT2D eigenvalue weighted by atomic mass is 10.0. The van der Waals surface area contributed by atoms with E-state index in [1.54, 1.807) is 0 Å². The van der Waals surface area contributed by atoms with Crippen molar-refractivity contribution in [2.45, 2.75) is 341 Å². The molecule has 0 saturated heterocycles. The molecular weight excluding hydrogens is 1090 g/mol. The Hall–Kier alpha value is -2.84. The molecule has 0 aliphatic heterocycles. The van der Waals surface area contributed by atoms with Crippen LogP contribution < -0.4 is 10.2 Å². The third-order valence-electron chi connectivity index (χ3n) is 16.3.